The number of benzene rings is 2. The van der Waals surface area contributed by atoms with E-state index in [-0.39, 0.29) is 24.3 Å². The quantitative estimate of drug-likeness (QED) is 0.687. The molecule has 0 radical (unpaired) electrons. The number of hydrogen-bond donors (Lipinski definition) is 2. The Labute approximate surface area is 164 Å². The number of imide groups is 1. The summed E-state index contributed by atoms with van der Waals surface area (Å²) in [5.74, 6) is -2.19. The molecule has 3 aliphatic heterocycles. The molecule has 2 N–H and O–H groups in total. The molecule has 3 amide bonds. The van der Waals surface area contributed by atoms with Crippen LogP contribution in [0, 0.1) is 18.8 Å². The third kappa shape index (κ3) is 2.06. The van der Waals surface area contributed by atoms with Gasteiger partial charge in [0.05, 0.1) is 17.5 Å². The third-order valence-corrected chi connectivity index (χ3v) is 6.29. The van der Waals surface area contributed by atoms with Gasteiger partial charge in [-0.15, -0.1) is 0 Å². The average molecular weight is 426 g/mol. The fourth-order valence-corrected chi connectivity index (χ4v) is 4.89. The Kier molecular flexibility index (Phi) is 3.39. The van der Waals surface area contributed by atoms with Crippen molar-refractivity contribution in [3.8, 4) is 0 Å². The van der Waals surface area contributed by atoms with E-state index in [2.05, 4.69) is 26.6 Å². The van der Waals surface area contributed by atoms with E-state index in [1.54, 1.807) is 18.2 Å². The highest BCUT2D eigenvalue weighted by Gasteiger charge is 2.67. The molecular weight excluding hydrogens is 410 g/mol. The minimum atomic E-state index is -1.21. The van der Waals surface area contributed by atoms with Gasteiger partial charge in [0.1, 0.15) is 5.54 Å². The van der Waals surface area contributed by atoms with Gasteiger partial charge in [-0.2, -0.15) is 0 Å². The highest BCUT2D eigenvalue weighted by Crippen LogP contribution is 2.51. The first-order valence-electron chi connectivity index (χ1n) is 8.74. The lowest BCUT2D eigenvalue weighted by molar-refractivity contribution is -0.130. The predicted octanol–water partition coefficient (Wildman–Crippen LogP) is 2.31. The Morgan fingerprint density at radius 1 is 1.07 bits per heavy atom. The van der Waals surface area contributed by atoms with Crippen LogP contribution < -0.4 is 15.5 Å². The summed E-state index contributed by atoms with van der Waals surface area (Å²) in [7, 11) is 0. The van der Waals surface area contributed by atoms with Crippen molar-refractivity contribution in [1.82, 2.24) is 5.32 Å². The van der Waals surface area contributed by atoms with E-state index in [4.69, 9.17) is 0 Å². The highest BCUT2D eigenvalue weighted by molar-refractivity contribution is 9.10. The maximum atomic E-state index is 13.4. The summed E-state index contributed by atoms with van der Waals surface area (Å²) in [6, 6.07) is 12.8. The first-order valence-corrected chi connectivity index (χ1v) is 9.54. The van der Waals surface area contributed by atoms with Crippen LogP contribution >= 0.6 is 15.9 Å². The number of hydrogen-bond acceptors (Lipinski definition) is 4. The Morgan fingerprint density at radius 2 is 1.81 bits per heavy atom. The van der Waals surface area contributed by atoms with Gasteiger partial charge < -0.3 is 5.32 Å². The van der Waals surface area contributed by atoms with Crippen molar-refractivity contribution in [2.45, 2.75) is 12.5 Å². The summed E-state index contributed by atoms with van der Waals surface area (Å²) in [4.78, 5) is 40.6. The van der Waals surface area contributed by atoms with Crippen molar-refractivity contribution < 1.29 is 14.4 Å². The van der Waals surface area contributed by atoms with Crippen LogP contribution in [0.25, 0.3) is 0 Å². The first-order chi connectivity index (χ1) is 12.9. The molecule has 7 heteroatoms. The lowest BCUT2D eigenvalue weighted by Crippen LogP contribution is -2.51. The number of carbonyl (C=O) groups excluding carboxylic acids is 3. The fourth-order valence-electron chi connectivity index (χ4n) is 4.53. The summed E-state index contributed by atoms with van der Waals surface area (Å²) < 4.78 is 0.814. The van der Waals surface area contributed by atoms with E-state index in [1.807, 2.05) is 31.2 Å². The van der Waals surface area contributed by atoms with Gasteiger partial charge >= 0.3 is 0 Å². The summed E-state index contributed by atoms with van der Waals surface area (Å²) in [5, 5.41) is 6.07. The zero-order chi connectivity index (χ0) is 18.9. The molecule has 3 atom stereocenters. The maximum absolute atomic E-state index is 13.4. The largest absolute Gasteiger partial charge is 0.324 e. The van der Waals surface area contributed by atoms with Gasteiger partial charge in [-0.25, -0.2) is 4.90 Å². The van der Waals surface area contributed by atoms with Gasteiger partial charge in [0.25, 0.3) is 0 Å². The molecule has 0 aliphatic carbocycles. The van der Waals surface area contributed by atoms with Crippen LogP contribution in [0.2, 0.25) is 0 Å². The van der Waals surface area contributed by atoms with E-state index in [0.717, 1.165) is 10.0 Å². The summed E-state index contributed by atoms with van der Waals surface area (Å²) in [6.45, 7) is 2.24. The third-order valence-electron chi connectivity index (χ3n) is 5.80. The number of halogens is 1. The molecule has 2 aromatic carbocycles. The van der Waals surface area contributed by atoms with Crippen LogP contribution in [0.1, 0.15) is 11.1 Å². The lowest BCUT2D eigenvalue weighted by Gasteiger charge is -2.28. The van der Waals surface area contributed by atoms with E-state index in [1.165, 1.54) is 4.90 Å². The maximum Gasteiger partial charge on any atom is 0.250 e. The predicted molar refractivity (Wildman–Crippen MR) is 103 cm³/mol. The fraction of sp³-hybridized carbons (Fsp3) is 0.250. The van der Waals surface area contributed by atoms with Crippen molar-refractivity contribution in [3.63, 3.8) is 0 Å². The number of fused-ring (bicyclic) bond motifs is 4. The normalized spacial score (nSPS) is 28.7. The topological polar surface area (TPSA) is 78.5 Å². The van der Waals surface area contributed by atoms with E-state index in [0.29, 0.717) is 16.9 Å². The van der Waals surface area contributed by atoms with Crippen molar-refractivity contribution >= 4 is 45.0 Å². The molecule has 27 heavy (non-hydrogen) atoms. The standard InChI is InChI=1S/C20H16BrN3O3/c1-10-2-5-12(6-3-10)24-17(25)13-9-22-20(16(13)18(24)26)14-8-11(21)4-7-15(14)23-19(20)27/h2-8,13,16,22H,9H2,1H3,(H,23,27)/t13-,16-,20+/m0/s1. The molecule has 2 fully saturated rings. The van der Waals surface area contributed by atoms with E-state index < -0.39 is 17.4 Å². The lowest BCUT2D eigenvalue weighted by atomic mass is 9.77. The van der Waals surface area contributed by atoms with Crippen molar-refractivity contribution in [1.29, 1.82) is 0 Å². The number of carbonyl (C=O) groups is 3. The number of nitrogens with one attached hydrogen (secondary N) is 2. The highest BCUT2D eigenvalue weighted by atomic mass is 79.9. The van der Waals surface area contributed by atoms with Gasteiger partial charge in [0, 0.05) is 22.3 Å². The minimum Gasteiger partial charge on any atom is -0.324 e. The van der Waals surface area contributed by atoms with Crippen molar-refractivity contribution in [2.24, 2.45) is 11.8 Å². The molecule has 0 unspecified atom stereocenters. The number of amides is 3. The van der Waals surface area contributed by atoms with E-state index in [9.17, 15) is 14.4 Å². The van der Waals surface area contributed by atoms with Crippen LogP contribution in [0.5, 0.6) is 0 Å². The first kappa shape index (κ1) is 16.6. The van der Waals surface area contributed by atoms with Crippen molar-refractivity contribution in [3.05, 3.63) is 58.1 Å². The number of aryl methyl sites for hydroxylation is 1. The molecule has 0 bridgehead atoms. The molecule has 0 saturated carbocycles. The van der Waals surface area contributed by atoms with Crippen LogP contribution in [0.4, 0.5) is 11.4 Å². The van der Waals surface area contributed by atoms with Crippen molar-refractivity contribution in [2.75, 3.05) is 16.8 Å². The molecular formula is C20H16BrN3O3. The molecule has 1 spiro atoms. The minimum absolute atomic E-state index is 0.255. The summed E-state index contributed by atoms with van der Waals surface area (Å²) in [5.41, 5.74) is 1.76. The smallest absolute Gasteiger partial charge is 0.250 e. The summed E-state index contributed by atoms with van der Waals surface area (Å²) in [6.07, 6.45) is 0. The molecule has 2 aromatic rings. The number of rotatable bonds is 1. The van der Waals surface area contributed by atoms with Gasteiger partial charge in [-0.1, -0.05) is 33.6 Å². The molecule has 0 aromatic heterocycles. The number of anilines is 2. The van der Waals surface area contributed by atoms with Crippen LogP contribution in [-0.2, 0) is 19.9 Å². The monoisotopic (exact) mass is 425 g/mol. The molecule has 136 valence electrons. The molecule has 5 rings (SSSR count). The molecule has 3 heterocycles. The Hall–Kier alpha value is -2.51. The molecule has 3 aliphatic rings. The SMILES string of the molecule is Cc1ccc(N2C(=O)[C@H]3CN[C@@]4(C(=O)Nc5ccc(Br)cc54)[C@@H]3C2=O)cc1. The van der Waals surface area contributed by atoms with Gasteiger partial charge in [-0.3, -0.25) is 19.7 Å². The van der Waals surface area contributed by atoms with Gasteiger partial charge in [0.15, 0.2) is 0 Å². The molecule has 6 nitrogen and oxygen atoms in total. The number of nitrogens with zero attached hydrogens (tertiary/aromatic N) is 1. The Balaban J connectivity index is 1.63. The zero-order valence-electron chi connectivity index (χ0n) is 14.5. The zero-order valence-corrected chi connectivity index (χ0v) is 16.0. The second-order valence-electron chi connectivity index (χ2n) is 7.26. The van der Waals surface area contributed by atoms with Gasteiger partial charge in [-0.05, 0) is 37.3 Å². The Morgan fingerprint density at radius 3 is 2.56 bits per heavy atom. The molecule has 2 saturated heterocycles. The Bertz CT molecular complexity index is 1020. The van der Waals surface area contributed by atoms with Crippen LogP contribution in [-0.4, -0.2) is 24.3 Å². The van der Waals surface area contributed by atoms with Gasteiger partial charge in [0.2, 0.25) is 17.7 Å². The van der Waals surface area contributed by atoms with Crippen LogP contribution in [0.15, 0.2) is 46.9 Å². The average Bonchev–Trinajstić information content (AvgIpc) is 3.25. The summed E-state index contributed by atoms with van der Waals surface area (Å²) >= 11 is 3.44. The second-order valence-corrected chi connectivity index (χ2v) is 8.18. The van der Waals surface area contributed by atoms with E-state index >= 15 is 0 Å². The van der Waals surface area contributed by atoms with Crippen LogP contribution in [0.3, 0.4) is 0 Å². The second kappa shape index (κ2) is 5.50.